The van der Waals surface area contributed by atoms with Gasteiger partial charge in [0, 0.05) is 19.3 Å². The molecule has 8 heteroatoms. The number of carbonyl (C=O) groups is 3. The Morgan fingerprint density at radius 1 is 0.517 bits per heavy atom. The highest BCUT2D eigenvalue weighted by molar-refractivity contribution is 5.72. The molecule has 2 unspecified atom stereocenters. The number of carboxylic acids is 1. The predicted octanol–water partition coefficient (Wildman–Crippen LogP) is 13.6. The van der Waals surface area contributed by atoms with Crippen molar-refractivity contribution in [1.29, 1.82) is 0 Å². The third kappa shape index (κ3) is 39.3. The zero-order valence-electron chi connectivity index (χ0n) is 38.8. The molecular weight excluding hydrogens is 727 g/mol. The van der Waals surface area contributed by atoms with E-state index in [1.54, 1.807) is 0 Å². The Labute approximate surface area is 358 Å². The molecule has 0 aromatic carbocycles. The third-order valence-corrected chi connectivity index (χ3v) is 11.1. The molecule has 0 aliphatic heterocycles. The maximum atomic E-state index is 12.8. The summed E-state index contributed by atoms with van der Waals surface area (Å²) in [5, 5.41) is 9.63. The summed E-state index contributed by atoms with van der Waals surface area (Å²) in [6, 6.07) is -0.612. The maximum absolute atomic E-state index is 12.8. The second-order valence-corrected chi connectivity index (χ2v) is 17.7. The largest absolute Gasteiger partial charge is 0.477 e. The van der Waals surface area contributed by atoms with Crippen molar-refractivity contribution >= 4 is 17.9 Å². The van der Waals surface area contributed by atoms with Crippen LogP contribution in [-0.2, 0) is 28.6 Å². The number of esters is 2. The molecule has 0 bridgehead atoms. The minimum Gasteiger partial charge on any atom is -0.477 e. The summed E-state index contributed by atoms with van der Waals surface area (Å²) in [7, 11) is 5.54. The van der Waals surface area contributed by atoms with Crippen LogP contribution in [0.4, 0.5) is 0 Å². The van der Waals surface area contributed by atoms with E-state index >= 15 is 0 Å². The highest BCUT2D eigenvalue weighted by Crippen LogP contribution is 2.15. The topological polar surface area (TPSA) is 99.1 Å². The van der Waals surface area contributed by atoms with Gasteiger partial charge in [0.1, 0.15) is 6.61 Å². The fraction of sp³-hybridized carbons (Fsp3) is 0.860. The number of aliphatic carboxylic acids is 1. The molecule has 0 amide bonds. The Bertz CT molecular complexity index is 1000. The minimum atomic E-state index is -0.873. The molecular formula is C50H94NO7+. The van der Waals surface area contributed by atoms with Crippen molar-refractivity contribution in [2.24, 2.45) is 0 Å². The highest BCUT2D eigenvalue weighted by atomic mass is 16.6. The lowest BCUT2D eigenvalue weighted by Gasteiger charge is -2.31. The van der Waals surface area contributed by atoms with Crippen molar-refractivity contribution in [3.63, 3.8) is 0 Å². The number of nitrogens with zero attached hydrogens (tertiary/aromatic N) is 1. The van der Waals surface area contributed by atoms with E-state index < -0.39 is 18.1 Å². The molecule has 0 aromatic rings. The van der Waals surface area contributed by atoms with Gasteiger partial charge in [-0.2, -0.15) is 0 Å². The molecule has 58 heavy (non-hydrogen) atoms. The number of hydrogen-bond acceptors (Lipinski definition) is 6. The first-order valence-corrected chi connectivity index (χ1v) is 24.4. The number of rotatable bonds is 44. The van der Waals surface area contributed by atoms with Crippen molar-refractivity contribution in [2.45, 2.75) is 238 Å². The molecule has 0 radical (unpaired) electrons. The van der Waals surface area contributed by atoms with Crippen LogP contribution >= 0.6 is 0 Å². The molecule has 0 spiro atoms. The Morgan fingerprint density at radius 3 is 1.33 bits per heavy atom. The minimum absolute atomic E-state index is 0.0480. The summed E-state index contributed by atoms with van der Waals surface area (Å²) in [4.78, 5) is 37.0. The van der Waals surface area contributed by atoms with Crippen molar-refractivity contribution in [3.8, 4) is 0 Å². The first-order chi connectivity index (χ1) is 28.1. The molecule has 0 aliphatic carbocycles. The van der Waals surface area contributed by atoms with E-state index in [0.717, 1.165) is 44.9 Å². The predicted molar refractivity (Wildman–Crippen MR) is 243 cm³/mol. The number of unbranched alkanes of at least 4 members (excludes halogenated alkanes) is 26. The molecule has 8 nitrogen and oxygen atoms in total. The van der Waals surface area contributed by atoms with Gasteiger partial charge in [0.05, 0.1) is 34.4 Å². The number of carboxylic acid groups (broad SMARTS) is 1. The Balaban J connectivity index is 4.24. The van der Waals surface area contributed by atoms with Gasteiger partial charge in [-0.1, -0.05) is 186 Å². The van der Waals surface area contributed by atoms with E-state index in [-0.39, 0.29) is 36.2 Å². The number of ether oxygens (including phenoxy) is 3. The summed E-state index contributed by atoms with van der Waals surface area (Å²) in [5.74, 6) is -1.46. The normalized spacial score (nSPS) is 13.1. The van der Waals surface area contributed by atoms with Crippen molar-refractivity contribution in [1.82, 2.24) is 0 Å². The SMILES string of the molecule is CCCCCCC/C=C\C/C=C\CCCCCCCCCCCC(=O)OC(COCCC(C(=O)O)[N+](C)(C)C)COC(=O)CCCCCCCCCCCCCCC. The van der Waals surface area contributed by atoms with Gasteiger partial charge < -0.3 is 23.8 Å². The van der Waals surface area contributed by atoms with E-state index in [1.165, 1.54) is 148 Å². The van der Waals surface area contributed by atoms with E-state index in [2.05, 4.69) is 38.2 Å². The lowest BCUT2D eigenvalue weighted by molar-refractivity contribution is -0.887. The van der Waals surface area contributed by atoms with Gasteiger partial charge >= 0.3 is 17.9 Å². The number of quaternary nitrogens is 1. The maximum Gasteiger partial charge on any atom is 0.362 e. The molecule has 0 rings (SSSR count). The molecule has 0 aliphatic rings. The molecule has 0 heterocycles. The average molecular weight is 821 g/mol. The van der Waals surface area contributed by atoms with E-state index in [0.29, 0.717) is 19.3 Å². The highest BCUT2D eigenvalue weighted by Gasteiger charge is 2.31. The molecule has 0 saturated heterocycles. The summed E-state index contributed by atoms with van der Waals surface area (Å²) in [6.45, 7) is 4.75. The molecule has 340 valence electrons. The average Bonchev–Trinajstić information content (AvgIpc) is 3.18. The van der Waals surface area contributed by atoms with E-state index in [9.17, 15) is 19.5 Å². The molecule has 0 saturated carbocycles. The van der Waals surface area contributed by atoms with Crippen LogP contribution in [0.25, 0.3) is 0 Å². The van der Waals surface area contributed by atoms with Gasteiger partial charge in [-0.15, -0.1) is 0 Å². The van der Waals surface area contributed by atoms with Crippen molar-refractivity contribution < 1.29 is 38.2 Å². The van der Waals surface area contributed by atoms with Crippen LogP contribution in [0.1, 0.15) is 226 Å². The summed E-state index contributed by atoms with van der Waals surface area (Å²) < 4.78 is 17.3. The van der Waals surface area contributed by atoms with E-state index in [4.69, 9.17) is 14.2 Å². The molecule has 1 N–H and O–H groups in total. The molecule has 0 aromatic heterocycles. The first-order valence-electron chi connectivity index (χ1n) is 24.4. The Kier molecular flexibility index (Phi) is 40.0. The molecule has 2 atom stereocenters. The standard InChI is InChI=1S/C50H93NO7/c1-6-8-10-12-14-16-18-20-21-22-23-24-25-26-27-29-31-33-35-37-39-41-49(53)58-46(44-56-43-42-47(50(54)55)51(3,4)5)45-57-48(52)40-38-36-34-32-30-28-19-17-15-13-11-9-7-2/h18,20,22-23,46-47H,6-17,19,21,24-45H2,1-5H3/p+1/b20-18-,23-22-. The number of hydrogen-bond donors (Lipinski definition) is 1. The Hall–Kier alpha value is -2.19. The van der Waals surface area contributed by atoms with Gasteiger partial charge in [0.15, 0.2) is 12.1 Å². The Morgan fingerprint density at radius 2 is 0.914 bits per heavy atom. The second-order valence-electron chi connectivity index (χ2n) is 17.7. The fourth-order valence-electron chi connectivity index (χ4n) is 7.30. The van der Waals surface area contributed by atoms with E-state index in [1.807, 2.05) is 21.1 Å². The van der Waals surface area contributed by atoms with Gasteiger partial charge in [-0.25, -0.2) is 4.79 Å². The van der Waals surface area contributed by atoms with Crippen LogP contribution in [-0.4, -0.2) is 80.6 Å². The van der Waals surface area contributed by atoms with Crippen LogP contribution in [0, 0.1) is 0 Å². The third-order valence-electron chi connectivity index (χ3n) is 11.1. The van der Waals surface area contributed by atoms with Gasteiger partial charge in [0.25, 0.3) is 0 Å². The monoisotopic (exact) mass is 821 g/mol. The van der Waals surface area contributed by atoms with Crippen molar-refractivity contribution in [2.75, 3.05) is 41.0 Å². The van der Waals surface area contributed by atoms with Crippen LogP contribution < -0.4 is 0 Å². The van der Waals surface area contributed by atoms with Crippen LogP contribution in [0.2, 0.25) is 0 Å². The summed E-state index contributed by atoms with van der Waals surface area (Å²) in [5.41, 5.74) is 0. The smallest absolute Gasteiger partial charge is 0.362 e. The number of likely N-dealkylation sites (N-methyl/N-ethyl adjacent to an activating group) is 1. The van der Waals surface area contributed by atoms with Crippen molar-refractivity contribution in [3.05, 3.63) is 24.3 Å². The van der Waals surface area contributed by atoms with Gasteiger partial charge in [0.2, 0.25) is 0 Å². The summed E-state index contributed by atoms with van der Waals surface area (Å²) >= 11 is 0. The summed E-state index contributed by atoms with van der Waals surface area (Å²) in [6.07, 6.45) is 46.4. The van der Waals surface area contributed by atoms with Gasteiger partial charge in [-0.05, 0) is 44.9 Å². The van der Waals surface area contributed by atoms with Crippen LogP contribution in [0.15, 0.2) is 24.3 Å². The second kappa shape index (κ2) is 41.5. The lowest BCUT2D eigenvalue weighted by atomic mass is 10.0. The molecule has 0 fully saturated rings. The lowest BCUT2D eigenvalue weighted by Crippen LogP contribution is -2.50. The fourth-order valence-corrected chi connectivity index (χ4v) is 7.30. The number of allylic oxidation sites excluding steroid dienone is 4. The quantitative estimate of drug-likeness (QED) is 0.0283. The van der Waals surface area contributed by atoms with Crippen LogP contribution in [0.3, 0.4) is 0 Å². The zero-order chi connectivity index (χ0) is 42.8. The van der Waals surface area contributed by atoms with Crippen LogP contribution in [0.5, 0.6) is 0 Å². The van der Waals surface area contributed by atoms with Gasteiger partial charge in [-0.3, -0.25) is 9.59 Å². The number of carbonyl (C=O) groups excluding carboxylic acids is 2. The first kappa shape index (κ1) is 55.8. The zero-order valence-corrected chi connectivity index (χ0v) is 38.8.